The van der Waals surface area contributed by atoms with E-state index in [0.717, 1.165) is 12.1 Å². The van der Waals surface area contributed by atoms with E-state index >= 15 is 0 Å². The van der Waals surface area contributed by atoms with Gasteiger partial charge in [0, 0.05) is 17.7 Å². The molecule has 1 aromatic carbocycles. The Kier molecular flexibility index (Phi) is 2.89. The summed E-state index contributed by atoms with van der Waals surface area (Å²) in [6.45, 7) is 0. The SMILES string of the molecule is O=C(Cl)Oc1cc(F)ccc1Cl. The van der Waals surface area contributed by atoms with E-state index in [1.165, 1.54) is 6.07 Å². The van der Waals surface area contributed by atoms with Crippen molar-refractivity contribution in [2.45, 2.75) is 0 Å². The molecule has 1 rings (SSSR count). The fraction of sp³-hybridized carbons (Fsp3) is 0. The van der Waals surface area contributed by atoms with Crippen LogP contribution in [0.5, 0.6) is 5.75 Å². The van der Waals surface area contributed by atoms with E-state index in [4.69, 9.17) is 23.2 Å². The summed E-state index contributed by atoms with van der Waals surface area (Å²) < 4.78 is 16.9. The smallest absolute Gasteiger partial charge is 0.409 e. The van der Waals surface area contributed by atoms with Gasteiger partial charge in [-0.15, -0.1) is 0 Å². The summed E-state index contributed by atoms with van der Waals surface area (Å²) in [5.74, 6) is -0.635. The van der Waals surface area contributed by atoms with Crippen molar-refractivity contribution in [3.05, 3.63) is 29.0 Å². The van der Waals surface area contributed by atoms with E-state index in [1.54, 1.807) is 0 Å². The quantitative estimate of drug-likeness (QED) is 0.663. The molecule has 0 N–H and O–H groups in total. The normalized spacial score (nSPS) is 9.58. The molecular formula is C7H3Cl2FO2. The van der Waals surface area contributed by atoms with Crippen LogP contribution in [0.25, 0.3) is 0 Å². The van der Waals surface area contributed by atoms with Gasteiger partial charge in [0.1, 0.15) is 5.82 Å². The van der Waals surface area contributed by atoms with Gasteiger partial charge in [0.2, 0.25) is 0 Å². The minimum atomic E-state index is -1.05. The van der Waals surface area contributed by atoms with Gasteiger partial charge in [0.15, 0.2) is 5.75 Å². The molecular weight excluding hydrogens is 206 g/mol. The zero-order valence-corrected chi connectivity index (χ0v) is 7.19. The van der Waals surface area contributed by atoms with E-state index in [1.807, 2.05) is 0 Å². The van der Waals surface area contributed by atoms with Crippen LogP contribution in [0, 0.1) is 5.82 Å². The van der Waals surface area contributed by atoms with Crippen LogP contribution in [-0.4, -0.2) is 5.43 Å². The highest BCUT2D eigenvalue weighted by atomic mass is 35.5. The largest absolute Gasteiger partial charge is 0.413 e. The molecule has 0 saturated carbocycles. The lowest BCUT2D eigenvalue weighted by atomic mass is 10.3. The maximum absolute atomic E-state index is 12.5. The average molecular weight is 209 g/mol. The third-order valence-corrected chi connectivity index (χ3v) is 1.47. The summed E-state index contributed by atoms with van der Waals surface area (Å²) in [4.78, 5) is 10.2. The second kappa shape index (κ2) is 3.74. The van der Waals surface area contributed by atoms with Crippen molar-refractivity contribution in [3.8, 4) is 5.75 Å². The van der Waals surface area contributed by atoms with Crippen LogP contribution in [0.15, 0.2) is 18.2 Å². The molecule has 12 heavy (non-hydrogen) atoms. The first-order valence-corrected chi connectivity index (χ1v) is 3.67. The average Bonchev–Trinajstić information content (AvgIpc) is 1.96. The van der Waals surface area contributed by atoms with Crippen LogP contribution in [0.1, 0.15) is 0 Å². The molecule has 2 nitrogen and oxygen atoms in total. The van der Waals surface area contributed by atoms with Gasteiger partial charge in [-0.3, -0.25) is 0 Å². The van der Waals surface area contributed by atoms with Gasteiger partial charge < -0.3 is 4.74 Å². The maximum atomic E-state index is 12.5. The zero-order valence-electron chi connectivity index (χ0n) is 5.68. The first-order valence-electron chi connectivity index (χ1n) is 2.92. The fourth-order valence-corrected chi connectivity index (χ4v) is 0.881. The van der Waals surface area contributed by atoms with E-state index < -0.39 is 11.2 Å². The molecule has 0 aromatic heterocycles. The zero-order chi connectivity index (χ0) is 9.14. The molecule has 5 heteroatoms. The molecule has 1 aromatic rings. The number of ether oxygens (including phenoxy) is 1. The number of halogens is 3. The fourth-order valence-electron chi connectivity index (χ4n) is 0.642. The standard InChI is InChI=1S/C7H3Cl2FO2/c8-5-2-1-4(10)3-6(5)12-7(9)11/h1-3H. The van der Waals surface area contributed by atoms with Gasteiger partial charge in [-0.1, -0.05) is 11.6 Å². The molecule has 0 aliphatic carbocycles. The van der Waals surface area contributed by atoms with E-state index in [9.17, 15) is 9.18 Å². The molecule has 0 bridgehead atoms. The number of carbonyl (C=O) groups is 1. The molecule has 0 saturated heterocycles. The predicted molar refractivity (Wildman–Crippen MR) is 43.3 cm³/mol. The van der Waals surface area contributed by atoms with Gasteiger partial charge in [0.25, 0.3) is 0 Å². The summed E-state index contributed by atoms with van der Waals surface area (Å²) in [7, 11) is 0. The van der Waals surface area contributed by atoms with Crippen LogP contribution in [0.3, 0.4) is 0 Å². The minimum absolute atomic E-state index is 0.0864. The predicted octanol–water partition coefficient (Wildman–Crippen LogP) is 3.22. The van der Waals surface area contributed by atoms with Crippen molar-refractivity contribution in [1.82, 2.24) is 0 Å². The van der Waals surface area contributed by atoms with Crippen LogP contribution < -0.4 is 4.74 Å². The van der Waals surface area contributed by atoms with Gasteiger partial charge in [0.05, 0.1) is 5.02 Å². The van der Waals surface area contributed by atoms with Crippen molar-refractivity contribution >= 4 is 28.6 Å². The number of hydrogen-bond acceptors (Lipinski definition) is 2. The van der Waals surface area contributed by atoms with Gasteiger partial charge >= 0.3 is 5.43 Å². The Labute approximate surface area is 77.8 Å². The van der Waals surface area contributed by atoms with Gasteiger partial charge in [-0.25, -0.2) is 9.18 Å². The lowest BCUT2D eigenvalue weighted by Crippen LogP contribution is -1.96. The first kappa shape index (κ1) is 9.29. The lowest BCUT2D eigenvalue weighted by molar-refractivity contribution is 0.225. The van der Waals surface area contributed by atoms with Crippen LogP contribution in [0.2, 0.25) is 5.02 Å². The first-order chi connectivity index (χ1) is 5.59. The summed E-state index contributed by atoms with van der Waals surface area (Å²) in [5.41, 5.74) is -1.05. The van der Waals surface area contributed by atoms with E-state index in [0.29, 0.717) is 0 Å². The highest BCUT2D eigenvalue weighted by Crippen LogP contribution is 2.25. The van der Waals surface area contributed by atoms with E-state index in [-0.39, 0.29) is 10.8 Å². The van der Waals surface area contributed by atoms with Crippen molar-refractivity contribution in [3.63, 3.8) is 0 Å². The van der Waals surface area contributed by atoms with E-state index in [2.05, 4.69) is 4.74 Å². The lowest BCUT2D eigenvalue weighted by Gasteiger charge is -2.01. The minimum Gasteiger partial charge on any atom is -0.413 e. The Hall–Kier alpha value is -0.800. The van der Waals surface area contributed by atoms with Crippen molar-refractivity contribution in [2.24, 2.45) is 0 Å². The maximum Gasteiger partial charge on any atom is 0.409 e. The second-order valence-electron chi connectivity index (χ2n) is 1.91. The molecule has 0 radical (unpaired) electrons. The summed E-state index contributed by atoms with van der Waals surface area (Å²) in [6, 6.07) is 3.39. The number of rotatable bonds is 1. The second-order valence-corrected chi connectivity index (χ2v) is 2.63. The molecule has 0 heterocycles. The van der Waals surface area contributed by atoms with Gasteiger partial charge in [-0.05, 0) is 12.1 Å². The summed E-state index contributed by atoms with van der Waals surface area (Å²) >= 11 is 10.4. The topological polar surface area (TPSA) is 26.3 Å². The van der Waals surface area contributed by atoms with Gasteiger partial charge in [-0.2, -0.15) is 0 Å². The molecule has 64 valence electrons. The Bertz CT molecular complexity index is 314. The number of hydrogen-bond donors (Lipinski definition) is 0. The summed E-state index contributed by atoms with van der Waals surface area (Å²) in [6.07, 6.45) is 0. The number of benzene rings is 1. The van der Waals surface area contributed by atoms with Crippen LogP contribution in [-0.2, 0) is 0 Å². The molecule has 0 aliphatic heterocycles. The molecule has 0 fully saturated rings. The van der Waals surface area contributed by atoms with Crippen LogP contribution >= 0.6 is 23.2 Å². The molecule has 0 spiro atoms. The monoisotopic (exact) mass is 208 g/mol. The Morgan fingerprint density at radius 3 is 2.75 bits per heavy atom. The van der Waals surface area contributed by atoms with Crippen molar-refractivity contribution < 1.29 is 13.9 Å². The molecule has 0 aliphatic rings. The van der Waals surface area contributed by atoms with Crippen LogP contribution in [0.4, 0.5) is 9.18 Å². The Morgan fingerprint density at radius 1 is 1.50 bits per heavy atom. The third kappa shape index (κ3) is 2.36. The van der Waals surface area contributed by atoms with Crippen molar-refractivity contribution in [1.29, 1.82) is 0 Å². The molecule has 0 amide bonds. The Morgan fingerprint density at radius 2 is 2.17 bits per heavy atom. The highest BCUT2D eigenvalue weighted by molar-refractivity contribution is 6.61. The van der Waals surface area contributed by atoms with Crippen molar-refractivity contribution in [2.75, 3.05) is 0 Å². The molecule has 0 unspecified atom stereocenters. The third-order valence-electron chi connectivity index (χ3n) is 1.08. The number of carbonyl (C=O) groups excluding carboxylic acids is 1. The Balaban J connectivity index is 2.97. The molecule has 0 atom stereocenters. The highest BCUT2D eigenvalue weighted by Gasteiger charge is 2.06. The summed E-state index contributed by atoms with van der Waals surface area (Å²) in [5, 5.41) is 0.130.